The van der Waals surface area contributed by atoms with Crippen molar-refractivity contribution in [3.8, 4) is 0 Å². The summed E-state index contributed by atoms with van der Waals surface area (Å²) in [5.74, 6) is 0.0304. The van der Waals surface area contributed by atoms with Crippen LogP contribution in [0.5, 0.6) is 0 Å². The van der Waals surface area contributed by atoms with Crippen LogP contribution < -0.4 is 15.7 Å². The van der Waals surface area contributed by atoms with Gasteiger partial charge in [-0.05, 0) is 46.7 Å². The van der Waals surface area contributed by atoms with Gasteiger partial charge in [0.2, 0.25) is 5.91 Å². The second-order valence-corrected chi connectivity index (χ2v) is 16.6. The molecule has 0 unspecified atom stereocenters. The van der Waals surface area contributed by atoms with Crippen LogP contribution >= 0.6 is 11.6 Å². The number of nitrogens with one attached hydrogen (secondary N) is 1. The molecule has 0 saturated heterocycles. The van der Waals surface area contributed by atoms with Crippen LogP contribution in [0.4, 0.5) is 0 Å². The number of hydrogen-bond acceptors (Lipinski definition) is 3. The second kappa shape index (κ2) is 19.9. The predicted molar refractivity (Wildman–Crippen MR) is 182 cm³/mol. The number of rotatable bonds is 20. The molecule has 0 bridgehead atoms. The van der Waals surface area contributed by atoms with Gasteiger partial charge in [-0.2, -0.15) is 0 Å². The van der Waals surface area contributed by atoms with Gasteiger partial charge in [-0.3, -0.25) is 4.79 Å². The molecule has 0 radical (unpaired) electrons. The van der Waals surface area contributed by atoms with Crippen LogP contribution in [-0.4, -0.2) is 40.6 Å². The number of carbonyl (C=O) groups excluding carboxylic acids is 1. The number of allylic oxidation sites excluding steroid dienone is 1. The van der Waals surface area contributed by atoms with Crippen LogP contribution in [0.25, 0.3) is 0 Å². The second-order valence-electron chi connectivity index (χ2n) is 12.1. The topological polar surface area (TPSA) is 47.6 Å². The summed E-state index contributed by atoms with van der Waals surface area (Å²) in [5, 5.41) is 5.46. The Morgan fingerprint density at radius 3 is 2.10 bits per heavy atom. The van der Waals surface area contributed by atoms with Gasteiger partial charge in [-0.1, -0.05) is 144 Å². The molecule has 0 saturated carbocycles. The van der Waals surface area contributed by atoms with Crippen molar-refractivity contribution < 1.29 is 14.0 Å². The van der Waals surface area contributed by atoms with Crippen LogP contribution in [0.1, 0.15) is 91.9 Å². The molecular formula is C36H54ClNO3Si. The van der Waals surface area contributed by atoms with Crippen molar-refractivity contribution in [1.82, 2.24) is 5.32 Å². The van der Waals surface area contributed by atoms with E-state index in [4.69, 9.17) is 20.8 Å². The van der Waals surface area contributed by atoms with E-state index in [0.717, 1.165) is 24.8 Å². The van der Waals surface area contributed by atoms with Crippen molar-refractivity contribution >= 4 is 36.2 Å². The Bertz CT molecular complexity index is 1030. The van der Waals surface area contributed by atoms with E-state index in [0.29, 0.717) is 26.0 Å². The zero-order valence-corrected chi connectivity index (χ0v) is 28.4. The Labute approximate surface area is 262 Å². The molecule has 0 fully saturated rings. The first-order valence-electron chi connectivity index (χ1n) is 15.8. The first kappa shape index (κ1) is 36.0. The van der Waals surface area contributed by atoms with Crippen LogP contribution in [-0.2, 0) is 14.0 Å². The Morgan fingerprint density at radius 1 is 0.929 bits per heavy atom. The number of carbonyl (C=O) groups is 1. The highest BCUT2D eigenvalue weighted by molar-refractivity contribution is 6.99. The maximum absolute atomic E-state index is 12.5. The molecule has 232 valence electrons. The predicted octanol–water partition coefficient (Wildman–Crippen LogP) is 8.29. The fraction of sp³-hybridized carbons (Fsp3) is 0.528. The number of methoxy groups -OCH3 is 1. The van der Waals surface area contributed by atoms with Gasteiger partial charge in [0.05, 0.1) is 6.10 Å². The van der Waals surface area contributed by atoms with E-state index in [9.17, 15) is 4.79 Å². The highest BCUT2D eigenvalue weighted by Crippen LogP contribution is 2.37. The smallest absolute Gasteiger partial charge is 0.261 e. The van der Waals surface area contributed by atoms with Gasteiger partial charge in [-0.15, -0.1) is 0 Å². The summed E-state index contributed by atoms with van der Waals surface area (Å²) in [5.41, 5.74) is 2.54. The molecule has 6 heteroatoms. The first-order chi connectivity index (χ1) is 20.3. The lowest BCUT2D eigenvalue weighted by atomic mass is 10.1. The van der Waals surface area contributed by atoms with Gasteiger partial charge in [0.1, 0.15) is 0 Å². The van der Waals surface area contributed by atoms with Gasteiger partial charge in [0, 0.05) is 32.2 Å². The third kappa shape index (κ3) is 11.8. The summed E-state index contributed by atoms with van der Waals surface area (Å²) < 4.78 is 12.6. The molecule has 2 aromatic carbocycles. The zero-order chi connectivity index (χ0) is 30.7. The highest BCUT2D eigenvalue weighted by Gasteiger charge is 2.49. The molecule has 0 aliphatic heterocycles. The van der Waals surface area contributed by atoms with E-state index in [1.54, 1.807) is 12.6 Å². The molecule has 1 N–H and O–H groups in total. The molecule has 42 heavy (non-hydrogen) atoms. The fourth-order valence-electron chi connectivity index (χ4n) is 5.47. The van der Waals surface area contributed by atoms with Crippen molar-refractivity contribution in [3.05, 3.63) is 83.9 Å². The van der Waals surface area contributed by atoms with Gasteiger partial charge >= 0.3 is 0 Å². The lowest BCUT2D eigenvalue weighted by molar-refractivity contribution is -0.120. The summed E-state index contributed by atoms with van der Waals surface area (Å²) in [4.78, 5) is 12.5. The Balaban J connectivity index is 1.85. The number of benzene rings is 2. The minimum atomic E-state index is -2.60. The number of halogens is 1. The van der Waals surface area contributed by atoms with Gasteiger partial charge in [0.25, 0.3) is 8.32 Å². The number of unbranched alkanes of at least 4 members (excludes halogenated alkanes) is 4. The summed E-state index contributed by atoms with van der Waals surface area (Å²) in [6.45, 7) is 10.0. The largest absolute Gasteiger partial charge is 0.407 e. The van der Waals surface area contributed by atoms with E-state index in [1.165, 1.54) is 42.5 Å². The van der Waals surface area contributed by atoms with E-state index in [2.05, 4.69) is 106 Å². The average molecular weight is 612 g/mol. The monoisotopic (exact) mass is 611 g/mol. The molecule has 2 rings (SSSR count). The van der Waals surface area contributed by atoms with Crippen LogP contribution in [0.3, 0.4) is 0 Å². The third-order valence-corrected chi connectivity index (χ3v) is 13.2. The van der Waals surface area contributed by atoms with E-state index >= 15 is 0 Å². The van der Waals surface area contributed by atoms with Crippen molar-refractivity contribution in [1.29, 1.82) is 0 Å². The molecule has 2 aromatic rings. The normalized spacial score (nSPS) is 13.4. The standard InChI is InChI=1S/C36H54ClNO3Si/c1-6-7-8-9-13-20-32(40-5)21-14-10-19-26-35(39)38-30-31(29-37)27-28-41-42(36(2,3)4,33-22-15-11-16-23-33)34-24-17-12-18-25-34/h10-12,14-18,22-25,29,32H,6-9,13,19-21,26-28,30H2,1-5H3,(H,38,39)/b14-10+,31-29-/t32-/m0/s1. The SMILES string of the molecule is CCCCCCC[C@@H](C/C=C/CCC(=O)NC/C(=C\Cl)CCO[Si](c1ccccc1)(c1ccccc1)C(C)(C)C)OC. The lowest BCUT2D eigenvalue weighted by Crippen LogP contribution is -2.66. The maximum atomic E-state index is 12.5. The molecule has 1 amide bonds. The van der Waals surface area contributed by atoms with E-state index in [-0.39, 0.29) is 17.0 Å². The first-order valence-corrected chi connectivity index (χ1v) is 18.1. The van der Waals surface area contributed by atoms with Crippen molar-refractivity contribution in [2.24, 2.45) is 0 Å². The summed E-state index contributed by atoms with van der Waals surface area (Å²) in [6.07, 6.45) is 14.7. The van der Waals surface area contributed by atoms with Gasteiger partial charge in [-0.25, -0.2) is 0 Å². The Morgan fingerprint density at radius 2 is 1.55 bits per heavy atom. The molecule has 1 atom stereocenters. The average Bonchev–Trinajstić information content (AvgIpc) is 2.99. The third-order valence-electron chi connectivity index (χ3n) is 7.89. The Hall–Kier alpha value is -2.18. The molecular weight excluding hydrogens is 558 g/mol. The summed E-state index contributed by atoms with van der Waals surface area (Å²) in [6, 6.07) is 21.3. The molecule has 0 aliphatic carbocycles. The Kier molecular flexibility index (Phi) is 17.1. The molecule has 0 spiro atoms. The zero-order valence-electron chi connectivity index (χ0n) is 26.7. The van der Waals surface area contributed by atoms with Gasteiger partial charge in [0.15, 0.2) is 0 Å². The maximum Gasteiger partial charge on any atom is 0.261 e. The van der Waals surface area contributed by atoms with Crippen LogP contribution in [0.15, 0.2) is 83.9 Å². The summed E-state index contributed by atoms with van der Waals surface area (Å²) in [7, 11) is -0.807. The minimum absolute atomic E-state index is 0.0304. The van der Waals surface area contributed by atoms with Gasteiger partial charge < -0.3 is 14.5 Å². The van der Waals surface area contributed by atoms with Crippen LogP contribution in [0, 0.1) is 0 Å². The van der Waals surface area contributed by atoms with Crippen molar-refractivity contribution in [2.75, 3.05) is 20.3 Å². The van der Waals surface area contributed by atoms with E-state index in [1.807, 2.05) is 0 Å². The number of hydrogen-bond donors (Lipinski definition) is 1. The van der Waals surface area contributed by atoms with Crippen molar-refractivity contribution in [2.45, 2.75) is 103 Å². The van der Waals surface area contributed by atoms with E-state index < -0.39 is 8.32 Å². The van der Waals surface area contributed by atoms with Crippen molar-refractivity contribution in [3.63, 3.8) is 0 Å². The minimum Gasteiger partial charge on any atom is -0.407 e. The fourth-order valence-corrected chi connectivity index (χ4v) is 10.2. The molecule has 0 heterocycles. The summed E-state index contributed by atoms with van der Waals surface area (Å²) >= 11 is 6.19. The van der Waals surface area contributed by atoms with Crippen LogP contribution in [0.2, 0.25) is 5.04 Å². The number of amides is 1. The molecule has 0 aliphatic rings. The quantitative estimate of drug-likeness (QED) is 0.0930. The molecule has 4 nitrogen and oxygen atoms in total. The lowest BCUT2D eigenvalue weighted by Gasteiger charge is -2.43. The highest BCUT2D eigenvalue weighted by atomic mass is 35.5. The molecule has 0 aromatic heterocycles. The number of ether oxygens (including phenoxy) is 1.